The Hall–Kier alpha value is -2.28. The van der Waals surface area contributed by atoms with E-state index in [0.29, 0.717) is 11.4 Å². The molecule has 1 heterocycles. The van der Waals surface area contributed by atoms with Crippen molar-refractivity contribution in [2.45, 2.75) is 20.8 Å². The molecule has 1 aromatic heterocycles. The SMILES string of the molecule is CCN(CC(=O)Nc1c(F)cccc1F)C(=O)c1cc(C)c(C)s1. The number of carbonyl (C=O) groups is 2. The maximum absolute atomic E-state index is 13.6. The highest BCUT2D eigenvalue weighted by Gasteiger charge is 2.21. The predicted molar refractivity (Wildman–Crippen MR) is 90.4 cm³/mol. The van der Waals surface area contributed by atoms with Crippen LogP contribution in [0.1, 0.15) is 27.0 Å². The summed E-state index contributed by atoms with van der Waals surface area (Å²) >= 11 is 1.36. The zero-order valence-corrected chi connectivity index (χ0v) is 14.5. The third kappa shape index (κ3) is 3.97. The number of nitrogens with one attached hydrogen (secondary N) is 1. The molecule has 0 spiro atoms. The van der Waals surface area contributed by atoms with Gasteiger partial charge in [-0.25, -0.2) is 8.78 Å². The number of amides is 2. The first-order valence-corrected chi connectivity index (χ1v) is 8.25. The van der Waals surface area contributed by atoms with E-state index in [4.69, 9.17) is 0 Å². The number of anilines is 1. The first-order valence-electron chi connectivity index (χ1n) is 7.43. The normalized spacial score (nSPS) is 10.5. The van der Waals surface area contributed by atoms with Crippen LogP contribution in [-0.4, -0.2) is 29.8 Å². The Kier molecular flexibility index (Phi) is 5.66. The van der Waals surface area contributed by atoms with Gasteiger partial charge in [-0.1, -0.05) is 6.07 Å². The van der Waals surface area contributed by atoms with E-state index in [1.165, 1.54) is 22.3 Å². The number of nitrogens with zero attached hydrogens (tertiary/aromatic N) is 1. The molecule has 128 valence electrons. The molecule has 0 fully saturated rings. The van der Waals surface area contributed by atoms with Crippen molar-refractivity contribution in [3.8, 4) is 0 Å². The van der Waals surface area contributed by atoms with Gasteiger partial charge in [0.05, 0.1) is 4.88 Å². The highest BCUT2D eigenvalue weighted by Crippen LogP contribution is 2.22. The van der Waals surface area contributed by atoms with Gasteiger partial charge in [0.1, 0.15) is 23.9 Å². The third-order valence-corrected chi connectivity index (χ3v) is 4.75. The van der Waals surface area contributed by atoms with Crippen molar-refractivity contribution in [1.29, 1.82) is 0 Å². The average molecular weight is 352 g/mol. The minimum atomic E-state index is -0.859. The molecule has 0 bridgehead atoms. The number of carbonyl (C=O) groups excluding carboxylic acids is 2. The van der Waals surface area contributed by atoms with Gasteiger partial charge in [0.25, 0.3) is 5.91 Å². The molecule has 4 nitrogen and oxygen atoms in total. The van der Waals surface area contributed by atoms with Crippen LogP contribution in [0.25, 0.3) is 0 Å². The molecule has 0 saturated heterocycles. The van der Waals surface area contributed by atoms with Crippen molar-refractivity contribution >= 4 is 28.8 Å². The highest BCUT2D eigenvalue weighted by molar-refractivity contribution is 7.14. The number of rotatable bonds is 5. The average Bonchev–Trinajstić information content (AvgIpc) is 2.87. The van der Waals surface area contributed by atoms with Crippen molar-refractivity contribution < 1.29 is 18.4 Å². The van der Waals surface area contributed by atoms with Gasteiger partial charge in [-0.3, -0.25) is 9.59 Å². The van der Waals surface area contributed by atoms with Crippen molar-refractivity contribution in [2.24, 2.45) is 0 Å². The van der Waals surface area contributed by atoms with Gasteiger partial charge in [-0.15, -0.1) is 11.3 Å². The van der Waals surface area contributed by atoms with E-state index < -0.39 is 23.2 Å². The summed E-state index contributed by atoms with van der Waals surface area (Å²) in [7, 11) is 0. The fraction of sp³-hybridized carbons (Fsp3) is 0.294. The van der Waals surface area contributed by atoms with Gasteiger partial charge in [0.15, 0.2) is 0 Å². The summed E-state index contributed by atoms with van der Waals surface area (Å²) in [6, 6.07) is 5.10. The summed E-state index contributed by atoms with van der Waals surface area (Å²) < 4.78 is 27.1. The van der Waals surface area contributed by atoms with Crippen molar-refractivity contribution in [3.63, 3.8) is 0 Å². The van der Waals surface area contributed by atoms with E-state index in [1.807, 2.05) is 13.8 Å². The Morgan fingerprint density at radius 1 is 1.21 bits per heavy atom. The molecule has 2 rings (SSSR count). The van der Waals surface area contributed by atoms with Crippen LogP contribution < -0.4 is 5.32 Å². The van der Waals surface area contributed by atoms with Crippen LogP contribution >= 0.6 is 11.3 Å². The third-order valence-electron chi connectivity index (χ3n) is 3.61. The first kappa shape index (κ1) is 18.1. The second-order valence-electron chi connectivity index (χ2n) is 5.31. The van der Waals surface area contributed by atoms with E-state index in [-0.39, 0.29) is 12.5 Å². The Morgan fingerprint density at radius 3 is 2.33 bits per heavy atom. The lowest BCUT2D eigenvalue weighted by molar-refractivity contribution is -0.116. The maximum atomic E-state index is 13.6. The first-order chi connectivity index (χ1) is 11.3. The molecule has 1 N–H and O–H groups in total. The zero-order chi connectivity index (χ0) is 17.9. The molecule has 0 saturated carbocycles. The number of thiophene rings is 1. The Balaban J connectivity index is 2.09. The van der Waals surface area contributed by atoms with Gasteiger partial charge in [0.2, 0.25) is 5.91 Å². The highest BCUT2D eigenvalue weighted by atomic mass is 32.1. The molecule has 1 aromatic carbocycles. The van der Waals surface area contributed by atoms with E-state index in [1.54, 1.807) is 13.0 Å². The summed E-state index contributed by atoms with van der Waals surface area (Å²) in [5.74, 6) is -2.65. The summed E-state index contributed by atoms with van der Waals surface area (Å²) in [6.45, 7) is 5.59. The second-order valence-corrected chi connectivity index (χ2v) is 6.57. The van der Waals surface area contributed by atoms with Crippen molar-refractivity contribution in [1.82, 2.24) is 4.90 Å². The number of para-hydroxylation sites is 1. The predicted octanol–water partition coefficient (Wildman–Crippen LogP) is 3.74. The Labute approximate surface area is 143 Å². The largest absolute Gasteiger partial charge is 0.329 e. The number of benzene rings is 1. The van der Waals surface area contributed by atoms with E-state index in [0.717, 1.165) is 22.6 Å². The smallest absolute Gasteiger partial charge is 0.264 e. The molecular weight excluding hydrogens is 334 g/mol. The lowest BCUT2D eigenvalue weighted by atomic mass is 10.2. The summed E-state index contributed by atoms with van der Waals surface area (Å²) in [5, 5.41) is 2.19. The molecular formula is C17H18F2N2O2S. The van der Waals surface area contributed by atoms with Gasteiger partial charge < -0.3 is 10.2 Å². The molecule has 2 aromatic rings. The van der Waals surface area contributed by atoms with Crippen LogP contribution in [0.4, 0.5) is 14.5 Å². The molecule has 0 atom stereocenters. The standard InChI is InChI=1S/C17H18F2N2O2S/c1-4-21(17(23)14-8-10(2)11(3)24-14)9-15(22)20-16-12(18)6-5-7-13(16)19/h5-8H,4,9H2,1-3H3,(H,20,22). The number of aryl methyl sites for hydroxylation is 2. The number of halogens is 2. The second kappa shape index (κ2) is 7.53. The van der Waals surface area contributed by atoms with Crippen molar-refractivity contribution in [2.75, 3.05) is 18.4 Å². The van der Waals surface area contributed by atoms with Gasteiger partial charge in [-0.2, -0.15) is 0 Å². The topological polar surface area (TPSA) is 49.4 Å². The Morgan fingerprint density at radius 2 is 1.83 bits per heavy atom. The Bertz CT molecular complexity index is 734. The minimum absolute atomic E-state index is 0.275. The van der Waals surface area contributed by atoms with Crippen LogP contribution in [0, 0.1) is 25.5 Å². The van der Waals surface area contributed by atoms with Crippen LogP contribution in [0.15, 0.2) is 24.3 Å². The molecule has 0 unspecified atom stereocenters. The molecule has 0 radical (unpaired) electrons. The summed E-state index contributed by atoms with van der Waals surface area (Å²) in [5.41, 5.74) is 0.506. The molecule has 0 aliphatic rings. The number of likely N-dealkylation sites (N-methyl/N-ethyl adjacent to an activating group) is 1. The fourth-order valence-electron chi connectivity index (χ4n) is 2.13. The van der Waals surface area contributed by atoms with Crippen LogP contribution in [-0.2, 0) is 4.79 Å². The zero-order valence-electron chi connectivity index (χ0n) is 13.7. The van der Waals surface area contributed by atoms with Gasteiger partial charge in [0, 0.05) is 11.4 Å². The van der Waals surface area contributed by atoms with E-state index in [2.05, 4.69) is 5.32 Å². The van der Waals surface area contributed by atoms with Crippen LogP contribution in [0.2, 0.25) is 0 Å². The molecule has 2 amide bonds. The molecule has 7 heteroatoms. The van der Waals surface area contributed by atoms with Gasteiger partial charge in [-0.05, 0) is 44.5 Å². The van der Waals surface area contributed by atoms with Crippen LogP contribution in [0.5, 0.6) is 0 Å². The van der Waals surface area contributed by atoms with Crippen molar-refractivity contribution in [3.05, 3.63) is 51.2 Å². The lowest BCUT2D eigenvalue weighted by Crippen LogP contribution is -2.37. The molecule has 24 heavy (non-hydrogen) atoms. The quantitative estimate of drug-likeness (QED) is 0.891. The van der Waals surface area contributed by atoms with E-state index >= 15 is 0 Å². The van der Waals surface area contributed by atoms with Gasteiger partial charge >= 0.3 is 0 Å². The summed E-state index contributed by atoms with van der Waals surface area (Å²) in [4.78, 5) is 27.4. The van der Waals surface area contributed by atoms with E-state index in [9.17, 15) is 18.4 Å². The minimum Gasteiger partial charge on any atom is -0.329 e. The maximum Gasteiger partial charge on any atom is 0.264 e. The lowest BCUT2D eigenvalue weighted by Gasteiger charge is -2.19. The van der Waals surface area contributed by atoms with Crippen LogP contribution in [0.3, 0.4) is 0 Å². The summed E-state index contributed by atoms with van der Waals surface area (Å²) in [6.07, 6.45) is 0. The number of hydrogen-bond donors (Lipinski definition) is 1. The number of hydrogen-bond acceptors (Lipinski definition) is 3. The monoisotopic (exact) mass is 352 g/mol. The molecule has 0 aliphatic carbocycles. The fourth-order valence-corrected chi connectivity index (χ4v) is 3.13. The molecule has 0 aliphatic heterocycles.